The number of carbonyl (C=O) groups excluding carboxylic acids is 2. The summed E-state index contributed by atoms with van der Waals surface area (Å²) in [6, 6.07) is 16.9. The molecule has 0 aliphatic rings. The summed E-state index contributed by atoms with van der Waals surface area (Å²) in [5, 5.41) is 4.87. The highest BCUT2D eigenvalue weighted by molar-refractivity contribution is 8.01. The second-order valence-electron chi connectivity index (χ2n) is 5.62. The summed E-state index contributed by atoms with van der Waals surface area (Å²) >= 11 is 2.96. The van der Waals surface area contributed by atoms with Crippen molar-refractivity contribution in [2.45, 2.75) is 10.9 Å². The summed E-state index contributed by atoms with van der Waals surface area (Å²) in [4.78, 5) is 28.0. The fourth-order valence-electron chi connectivity index (χ4n) is 2.32. The number of thioether (sulfide) groups is 1. The van der Waals surface area contributed by atoms with Gasteiger partial charge in [0, 0.05) is 17.5 Å². The number of rotatable bonds is 7. The number of nitrogens with zero attached hydrogens (tertiary/aromatic N) is 1. The molecule has 0 saturated heterocycles. The van der Waals surface area contributed by atoms with Crippen LogP contribution in [0.1, 0.15) is 15.9 Å². The van der Waals surface area contributed by atoms with Gasteiger partial charge in [0.1, 0.15) is 0 Å². The minimum absolute atomic E-state index is 0.0616. The van der Waals surface area contributed by atoms with Crippen LogP contribution in [0.15, 0.2) is 64.3 Å². The number of aromatic nitrogens is 1. The molecule has 0 aliphatic carbocycles. The zero-order valence-corrected chi connectivity index (χ0v) is 16.3. The van der Waals surface area contributed by atoms with Crippen LogP contribution in [0.5, 0.6) is 0 Å². The minimum Gasteiger partial charge on any atom is -0.465 e. The number of thiazole rings is 1. The third-order valence-corrected chi connectivity index (χ3v) is 5.77. The van der Waals surface area contributed by atoms with E-state index in [0.29, 0.717) is 17.9 Å². The predicted molar refractivity (Wildman–Crippen MR) is 108 cm³/mol. The Hall–Kier alpha value is -2.64. The predicted octanol–water partition coefficient (Wildman–Crippen LogP) is 4.01. The molecule has 1 N–H and O–H groups in total. The fraction of sp³-hybridized carbons (Fsp3) is 0.150. The van der Waals surface area contributed by atoms with Crippen molar-refractivity contribution in [2.75, 3.05) is 12.9 Å². The molecule has 1 heterocycles. The Bertz CT molecular complexity index is 908. The van der Waals surface area contributed by atoms with Gasteiger partial charge in [0.2, 0.25) is 5.91 Å². The second kappa shape index (κ2) is 9.34. The lowest BCUT2D eigenvalue weighted by Crippen LogP contribution is -2.24. The number of hydrogen-bond donors (Lipinski definition) is 1. The number of hydrogen-bond acceptors (Lipinski definition) is 6. The summed E-state index contributed by atoms with van der Waals surface area (Å²) in [6.07, 6.45) is 0. The van der Waals surface area contributed by atoms with Crippen LogP contribution < -0.4 is 5.32 Å². The van der Waals surface area contributed by atoms with E-state index in [1.165, 1.54) is 30.2 Å². The standard InChI is InChI=1S/C20H18N2O3S2/c1-25-19(24)16-9-7-14(8-10-16)11-21-18(23)13-27-20-22-17(12-26-20)15-5-3-2-4-6-15/h2-10,12H,11,13H2,1H3,(H,21,23). The quantitative estimate of drug-likeness (QED) is 0.481. The van der Waals surface area contributed by atoms with Crippen molar-refractivity contribution in [3.05, 3.63) is 71.1 Å². The van der Waals surface area contributed by atoms with Gasteiger partial charge in [-0.3, -0.25) is 4.79 Å². The molecule has 0 saturated carbocycles. The van der Waals surface area contributed by atoms with Crippen LogP contribution >= 0.6 is 23.1 Å². The smallest absolute Gasteiger partial charge is 0.337 e. The molecule has 1 aromatic heterocycles. The van der Waals surface area contributed by atoms with E-state index in [4.69, 9.17) is 0 Å². The van der Waals surface area contributed by atoms with Crippen molar-refractivity contribution in [1.29, 1.82) is 0 Å². The van der Waals surface area contributed by atoms with Crippen molar-refractivity contribution in [3.8, 4) is 11.3 Å². The first-order valence-corrected chi connectivity index (χ1v) is 10.1. The lowest BCUT2D eigenvalue weighted by atomic mass is 10.1. The lowest BCUT2D eigenvalue weighted by molar-refractivity contribution is -0.118. The van der Waals surface area contributed by atoms with E-state index in [1.807, 2.05) is 35.7 Å². The highest BCUT2D eigenvalue weighted by Gasteiger charge is 2.09. The summed E-state index contributed by atoms with van der Waals surface area (Å²) in [5.41, 5.74) is 3.40. The maximum atomic E-state index is 12.1. The molecule has 0 aliphatic heterocycles. The van der Waals surface area contributed by atoms with E-state index in [-0.39, 0.29) is 11.9 Å². The molecule has 0 bridgehead atoms. The first kappa shape index (κ1) is 19.1. The number of ether oxygens (including phenoxy) is 1. The average molecular weight is 399 g/mol. The molecule has 1 amide bonds. The molecule has 138 valence electrons. The van der Waals surface area contributed by atoms with Crippen LogP contribution in [0.25, 0.3) is 11.3 Å². The Balaban J connectivity index is 1.46. The maximum Gasteiger partial charge on any atom is 0.337 e. The number of benzene rings is 2. The lowest BCUT2D eigenvalue weighted by Gasteiger charge is -2.05. The van der Waals surface area contributed by atoms with E-state index >= 15 is 0 Å². The fourth-order valence-corrected chi connectivity index (χ4v) is 3.99. The van der Waals surface area contributed by atoms with Crippen LogP contribution in [-0.4, -0.2) is 29.7 Å². The van der Waals surface area contributed by atoms with Crippen LogP contribution in [0.4, 0.5) is 0 Å². The van der Waals surface area contributed by atoms with Crippen LogP contribution in [0, 0.1) is 0 Å². The van der Waals surface area contributed by atoms with Crippen molar-refractivity contribution in [1.82, 2.24) is 10.3 Å². The highest BCUT2D eigenvalue weighted by Crippen LogP contribution is 2.27. The third kappa shape index (κ3) is 5.42. The van der Waals surface area contributed by atoms with Crippen LogP contribution in [0.3, 0.4) is 0 Å². The largest absolute Gasteiger partial charge is 0.465 e. The van der Waals surface area contributed by atoms with Crippen LogP contribution in [0.2, 0.25) is 0 Å². The summed E-state index contributed by atoms with van der Waals surface area (Å²) < 4.78 is 5.53. The number of esters is 1. The zero-order chi connectivity index (χ0) is 19.1. The van der Waals surface area contributed by atoms with Gasteiger partial charge >= 0.3 is 5.97 Å². The van der Waals surface area contributed by atoms with E-state index in [1.54, 1.807) is 24.3 Å². The van der Waals surface area contributed by atoms with Crippen molar-refractivity contribution in [2.24, 2.45) is 0 Å². The Morgan fingerprint density at radius 1 is 1.11 bits per heavy atom. The van der Waals surface area contributed by atoms with Crippen molar-refractivity contribution < 1.29 is 14.3 Å². The van der Waals surface area contributed by atoms with Gasteiger partial charge in [-0.2, -0.15) is 0 Å². The van der Waals surface area contributed by atoms with Crippen LogP contribution in [-0.2, 0) is 16.1 Å². The van der Waals surface area contributed by atoms with E-state index in [0.717, 1.165) is 21.2 Å². The first-order chi connectivity index (χ1) is 13.2. The Kier molecular flexibility index (Phi) is 6.62. The van der Waals surface area contributed by atoms with Gasteiger partial charge in [-0.05, 0) is 17.7 Å². The van der Waals surface area contributed by atoms with Gasteiger partial charge < -0.3 is 10.1 Å². The molecule has 0 spiro atoms. The summed E-state index contributed by atoms with van der Waals surface area (Å²) in [5.74, 6) is -0.129. The Morgan fingerprint density at radius 3 is 2.56 bits per heavy atom. The van der Waals surface area contributed by atoms with Crippen molar-refractivity contribution in [3.63, 3.8) is 0 Å². The molecule has 0 atom stereocenters. The van der Waals surface area contributed by atoms with Gasteiger partial charge in [0.25, 0.3) is 0 Å². The number of carbonyl (C=O) groups is 2. The first-order valence-electron chi connectivity index (χ1n) is 8.23. The third-order valence-electron chi connectivity index (χ3n) is 3.74. The average Bonchev–Trinajstić information content (AvgIpc) is 3.20. The highest BCUT2D eigenvalue weighted by atomic mass is 32.2. The molecule has 0 radical (unpaired) electrons. The van der Waals surface area contributed by atoms with Gasteiger partial charge in [0.05, 0.1) is 24.1 Å². The molecule has 2 aromatic carbocycles. The summed E-state index contributed by atoms with van der Waals surface area (Å²) in [7, 11) is 1.35. The van der Waals surface area contributed by atoms with Gasteiger partial charge in [-0.15, -0.1) is 11.3 Å². The SMILES string of the molecule is COC(=O)c1ccc(CNC(=O)CSc2nc(-c3ccccc3)cs2)cc1. The second-order valence-corrected chi connectivity index (χ2v) is 7.70. The molecule has 5 nitrogen and oxygen atoms in total. The number of amides is 1. The molecule has 3 aromatic rings. The molecule has 3 rings (SSSR count). The van der Waals surface area contributed by atoms with Gasteiger partial charge in [0.15, 0.2) is 4.34 Å². The van der Waals surface area contributed by atoms with Crippen molar-refractivity contribution >= 4 is 35.0 Å². The Morgan fingerprint density at radius 2 is 1.85 bits per heavy atom. The number of nitrogens with one attached hydrogen (secondary N) is 1. The van der Waals surface area contributed by atoms with Gasteiger partial charge in [-0.1, -0.05) is 54.2 Å². The topological polar surface area (TPSA) is 68.3 Å². The molecule has 0 fully saturated rings. The van der Waals surface area contributed by atoms with E-state index in [2.05, 4.69) is 15.0 Å². The molecule has 7 heteroatoms. The van der Waals surface area contributed by atoms with E-state index < -0.39 is 0 Å². The molecule has 27 heavy (non-hydrogen) atoms. The normalized spacial score (nSPS) is 10.4. The monoisotopic (exact) mass is 398 g/mol. The van der Waals surface area contributed by atoms with E-state index in [9.17, 15) is 9.59 Å². The Labute approximate surface area is 165 Å². The molecular formula is C20H18N2O3S2. The maximum absolute atomic E-state index is 12.1. The molecule has 0 unspecified atom stereocenters. The minimum atomic E-state index is -0.375. The van der Waals surface area contributed by atoms with Gasteiger partial charge in [-0.25, -0.2) is 9.78 Å². The number of methoxy groups -OCH3 is 1. The summed E-state index contributed by atoms with van der Waals surface area (Å²) in [6.45, 7) is 0.411. The molecular weight excluding hydrogens is 380 g/mol. The zero-order valence-electron chi connectivity index (χ0n) is 14.7.